The molecule has 7 nitrogen and oxygen atoms in total. The fourth-order valence-corrected chi connectivity index (χ4v) is 8.62. The number of amides is 1. The number of rotatable bonds is 0. The van der Waals surface area contributed by atoms with E-state index in [-0.39, 0.29) is 28.6 Å². The second-order valence-electron chi connectivity index (χ2n) is 12.2. The third-order valence-corrected chi connectivity index (χ3v) is 11.0. The second-order valence-corrected chi connectivity index (χ2v) is 14.4. The van der Waals surface area contributed by atoms with Crippen LogP contribution in [0.5, 0.6) is 5.75 Å². The Labute approximate surface area is 241 Å². The number of hydrogen-bond acceptors (Lipinski definition) is 6. The number of halogens is 1. The Bertz CT molecular complexity index is 1440. The molecule has 2 aromatic rings. The van der Waals surface area contributed by atoms with Gasteiger partial charge in [-0.3, -0.25) is 4.79 Å². The van der Waals surface area contributed by atoms with E-state index in [1.807, 2.05) is 18.2 Å². The quantitative estimate of drug-likeness (QED) is 0.430. The van der Waals surface area contributed by atoms with Crippen molar-refractivity contribution in [2.24, 2.45) is 17.8 Å². The lowest BCUT2D eigenvalue weighted by atomic mass is 9.68. The average molecular weight is 585 g/mol. The number of nitrogens with one attached hydrogen (secondary N) is 1. The van der Waals surface area contributed by atoms with Gasteiger partial charge in [-0.2, -0.15) is 0 Å². The molecule has 1 amide bonds. The van der Waals surface area contributed by atoms with Gasteiger partial charge < -0.3 is 14.7 Å². The molecule has 2 heterocycles. The van der Waals surface area contributed by atoms with E-state index >= 15 is 0 Å². The lowest BCUT2D eigenvalue weighted by molar-refractivity contribution is 0.0177. The zero-order valence-corrected chi connectivity index (χ0v) is 24.4. The molecular weight excluding hydrogens is 548 g/mol. The summed E-state index contributed by atoms with van der Waals surface area (Å²) in [6.07, 6.45) is 8.69. The van der Waals surface area contributed by atoms with E-state index in [1.54, 1.807) is 25.1 Å². The van der Waals surface area contributed by atoms with Crippen LogP contribution in [0.1, 0.15) is 60.5 Å². The van der Waals surface area contributed by atoms with Crippen molar-refractivity contribution in [2.45, 2.75) is 57.0 Å². The molecule has 2 N–H and O–H groups in total. The molecule has 0 radical (unpaired) electrons. The van der Waals surface area contributed by atoms with Gasteiger partial charge in [-0.1, -0.05) is 36.7 Å². The number of aryl methyl sites for hydroxylation is 1. The molecule has 9 heteroatoms. The molecule has 2 aromatic carbocycles. The molecule has 2 aliphatic carbocycles. The van der Waals surface area contributed by atoms with Crippen molar-refractivity contribution >= 4 is 33.2 Å². The molecule has 1 saturated carbocycles. The standard InChI is InChI=1S/C31H37ClN2O5S/c1-20-4-2-6-28(35)25-10-7-23(25)16-34-18-31(13-3-5-21-14-24(32)9-11-26(21)31)19-39-29-12-8-22(15-27(29)34)30(36)33-40(37,38)17-20/h2,4,8-9,11-12,14-15,20,23,25,28,35H,3,5-7,10,13,16-19H2,1H3,(H,33,36)/b4-2-/t20-,23-,25+,28-,31-/m0/s1. The Morgan fingerprint density at radius 1 is 1.18 bits per heavy atom. The second kappa shape index (κ2) is 10.7. The number of allylic oxidation sites excluding steroid dienone is 1. The van der Waals surface area contributed by atoms with Crippen LogP contribution in [0, 0.1) is 17.8 Å². The highest BCUT2D eigenvalue weighted by Gasteiger charge is 2.44. The van der Waals surface area contributed by atoms with Crippen LogP contribution in [-0.4, -0.2) is 51.0 Å². The Morgan fingerprint density at radius 2 is 2.02 bits per heavy atom. The van der Waals surface area contributed by atoms with Crippen molar-refractivity contribution in [3.8, 4) is 5.75 Å². The van der Waals surface area contributed by atoms with Crippen molar-refractivity contribution in [3.63, 3.8) is 0 Å². The van der Waals surface area contributed by atoms with Gasteiger partial charge in [-0.25, -0.2) is 13.1 Å². The highest BCUT2D eigenvalue weighted by molar-refractivity contribution is 7.90. The smallest absolute Gasteiger partial charge is 0.264 e. The van der Waals surface area contributed by atoms with Crippen LogP contribution in [-0.2, 0) is 21.9 Å². The normalized spacial score (nSPS) is 32.5. The molecule has 1 fully saturated rings. The van der Waals surface area contributed by atoms with Gasteiger partial charge in [0.25, 0.3) is 5.91 Å². The van der Waals surface area contributed by atoms with E-state index in [1.165, 1.54) is 11.1 Å². The maximum absolute atomic E-state index is 13.2. The molecule has 4 aliphatic rings. The number of benzene rings is 2. The molecule has 5 atom stereocenters. The molecule has 1 spiro atoms. The Morgan fingerprint density at radius 3 is 2.83 bits per heavy atom. The van der Waals surface area contributed by atoms with Gasteiger partial charge in [0.2, 0.25) is 10.0 Å². The number of nitrogens with zero attached hydrogens (tertiary/aromatic N) is 1. The summed E-state index contributed by atoms with van der Waals surface area (Å²) in [7, 11) is -3.85. The average Bonchev–Trinajstić information content (AvgIpc) is 3.02. The number of carbonyl (C=O) groups is 1. The Hall–Kier alpha value is -2.55. The molecule has 0 saturated heterocycles. The summed E-state index contributed by atoms with van der Waals surface area (Å²) >= 11 is 6.37. The monoisotopic (exact) mass is 584 g/mol. The fraction of sp³-hybridized carbons (Fsp3) is 0.516. The number of fused-ring (bicyclic) bond motifs is 4. The SMILES string of the molecule is C[C@H]1/C=C\C[C@H](O)[C@@H]2CC[C@H]2CN2C[C@@]3(CCCc4cc(Cl)ccc43)COc3ccc(cc32)C(=O)NS(=O)(=O)C1. The summed E-state index contributed by atoms with van der Waals surface area (Å²) in [5.74, 6) is 0.0322. The Kier molecular flexibility index (Phi) is 7.38. The lowest BCUT2D eigenvalue weighted by Crippen LogP contribution is -2.49. The number of anilines is 1. The number of aliphatic hydroxyl groups excluding tert-OH is 1. The van der Waals surface area contributed by atoms with Crippen LogP contribution in [0.2, 0.25) is 5.02 Å². The van der Waals surface area contributed by atoms with E-state index in [0.29, 0.717) is 31.2 Å². The maximum Gasteiger partial charge on any atom is 0.264 e. The summed E-state index contributed by atoms with van der Waals surface area (Å²) in [4.78, 5) is 15.5. The largest absolute Gasteiger partial charge is 0.490 e. The third-order valence-electron chi connectivity index (χ3n) is 9.30. The van der Waals surface area contributed by atoms with E-state index < -0.39 is 22.0 Å². The first-order chi connectivity index (χ1) is 19.1. The highest BCUT2D eigenvalue weighted by atomic mass is 35.5. The van der Waals surface area contributed by atoms with Crippen LogP contribution >= 0.6 is 11.6 Å². The first kappa shape index (κ1) is 27.6. The van der Waals surface area contributed by atoms with Gasteiger partial charge in [0.05, 0.1) is 24.2 Å². The van der Waals surface area contributed by atoms with E-state index in [9.17, 15) is 18.3 Å². The van der Waals surface area contributed by atoms with Gasteiger partial charge in [-0.05, 0) is 97.7 Å². The number of carbonyl (C=O) groups excluding carboxylic acids is 1. The minimum absolute atomic E-state index is 0.170. The zero-order valence-electron chi connectivity index (χ0n) is 22.8. The molecular formula is C31H37ClN2O5S. The molecule has 214 valence electrons. The number of sulfonamides is 1. The molecule has 2 aliphatic heterocycles. The van der Waals surface area contributed by atoms with Gasteiger partial charge >= 0.3 is 0 Å². The van der Waals surface area contributed by atoms with E-state index in [0.717, 1.165) is 49.4 Å². The number of aliphatic hydroxyl groups is 1. The van der Waals surface area contributed by atoms with Crippen LogP contribution in [0.15, 0.2) is 48.6 Å². The van der Waals surface area contributed by atoms with Gasteiger partial charge in [0, 0.05) is 29.1 Å². The van der Waals surface area contributed by atoms with Crippen LogP contribution in [0.25, 0.3) is 0 Å². The maximum atomic E-state index is 13.2. The summed E-state index contributed by atoms with van der Waals surface area (Å²) in [6, 6.07) is 11.4. The van der Waals surface area contributed by atoms with Crippen LogP contribution in [0.3, 0.4) is 0 Å². The molecule has 0 unspecified atom stereocenters. The van der Waals surface area contributed by atoms with Gasteiger partial charge in [0.1, 0.15) is 5.75 Å². The highest BCUT2D eigenvalue weighted by Crippen LogP contribution is 2.46. The minimum atomic E-state index is -3.85. The molecule has 6 rings (SSSR count). The van der Waals surface area contributed by atoms with Crippen molar-refractivity contribution in [3.05, 3.63) is 70.3 Å². The summed E-state index contributed by atoms with van der Waals surface area (Å²) in [5, 5.41) is 11.8. The topological polar surface area (TPSA) is 95.9 Å². The van der Waals surface area contributed by atoms with Gasteiger partial charge in [0.15, 0.2) is 0 Å². The predicted octanol–water partition coefficient (Wildman–Crippen LogP) is 4.86. The van der Waals surface area contributed by atoms with Crippen molar-refractivity contribution < 1.29 is 23.1 Å². The first-order valence-electron chi connectivity index (χ1n) is 14.3. The van der Waals surface area contributed by atoms with Crippen molar-refractivity contribution in [1.82, 2.24) is 4.72 Å². The summed E-state index contributed by atoms with van der Waals surface area (Å²) in [5.41, 5.74) is 3.34. The van der Waals surface area contributed by atoms with Crippen LogP contribution < -0.4 is 14.4 Å². The van der Waals surface area contributed by atoms with Crippen LogP contribution in [0.4, 0.5) is 5.69 Å². The summed E-state index contributed by atoms with van der Waals surface area (Å²) in [6.45, 7) is 3.73. The predicted molar refractivity (Wildman–Crippen MR) is 157 cm³/mol. The zero-order chi connectivity index (χ0) is 28.1. The summed E-state index contributed by atoms with van der Waals surface area (Å²) < 4.78 is 34.3. The molecule has 40 heavy (non-hydrogen) atoms. The Balaban J connectivity index is 1.41. The minimum Gasteiger partial charge on any atom is -0.490 e. The van der Waals surface area contributed by atoms with E-state index in [2.05, 4.69) is 21.8 Å². The third kappa shape index (κ3) is 5.38. The van der Waals surface area contributed by atoms with Crippen molar-refractivity contribution in [2.75, 3.05) is 30.3 Å². The number of ether oxygens (including phenoxy) is 1. The van der Waals surface area contributed by atoms with E-state index in [4.69, 9.17) is 16.3 Å². The van der Waals surface area contributed by atoms with Gasteiger partial charge in [-0.15, -0.1) is 0 Å². The van der Waals surface area contributed by atoms with Crippen molar-refractivity contribution in [1.29, 1.82) is 0 Å². The first-order valence-corrected chi connectivity index (χ1v) is 16.4. The molecule has 0 aromatic heterocycles. The number of hydrogen-bond donors (Lipinski definition) is 2. The molecule has 2 bridgehead atoms. The lowest BCUT2D eigenvalue weighted by Gasteiger charge is -2.45. The fourth-order valence-electron chi connectivity index (χ4n) is 7.13.